The van der Waals surface area contributed by atoms with Gasteiger partial charge in [-0.3, -0.25) is 4.90 Å². The maximum Gasteiger partial charge on any atom is 0.225 e. The minimum absolute atomic E-state index is 0.0642. The van der Waals surface area contributed by atoms with Gasteiger partial charge >= 0.3 is 0 Å². The summed E-state index contributed by atoms with van der Waals surface area (Å²) in [7, 11) is 0. The third-order valence-corrected chi connectivity index (χ3v) is 2.02. The molecular formula is C10H13F3N+. The molecule has 0 heterocycles. The molecule has 1 nitrogen and oxygen atoms in total. The van der Waals surface area contributed by atoms with E-state index in [-0.39, 0.29) is 5.69 Å². The largest absolute Gasteiger partial charge is 0.274 e. The van der Waals surface area contributed by atoms with Gasteiger partial charge in [0, 0.05) is 6.07 Å². The van der Waals surface area contributed by atoms with Crippen LogP contribution in [0.25, 0.3) is 0 Å². The van der Waals surface area contributed by atoms with Gasteiger partial charge in [-0.1, -0.05) is 6.92 Å². The molecule has 14 heavy (non-hydrogen) atoms. The average molecular weight is 204 g/mol. The first-order valence-corrected chi connectivity index (χ1v) is 4.55. The van der Waals surface area contributed by atoms with E-state index < -0.39 is 18.4 Å². The van der Waals surface area contributed by atoms with E-state index in [9.17, 15) is 13.2 Å². The average Bonchev–Trinajstić information content (AvgIpc) is 2.18. The molecule has 0 aliphatic rings. The van der Waals surface area contributed by atoms with Crippen molar-refractivity contribution in [3.8, 4) is 0 Å². The summed E-state index contributed by atoms with van der Waals surface area (Å²) in [6.07, 6.45) is 0.717. The molecule has 0 fully saturated rings. The first kappa shape index (κ1) is 11.0. The van der Waals surface area contributed by atoms with E-state index in [1.54, 1.807) is 0 Å². The molecule has 4 heteroatoms. The third kappa shape index (κ3) is 2.48. The Morgan fingerprint density at radius 3 is 2.57 bits per heavy atom. The summed E-state index contributed by atoms with van der Waals surface area (Å²) < 4.78 is 38.5. The van der Waals surface area contributed by atoms with Gasteiger partial charge in [0.25, 0.3) is 0 Å². The van der Waals surface area contributed by atoms with Gasteiger partial charge in [0.05, 0.1) is 6.54 Å². The molecule has 1 atom stereocenters. The summed E-state index contributed by atoms with van der Waals surface area (Å²) in [6.45, 7) is 1.60. The molecule has 0 bridgehead atoms. The van der Waals surface area contributed by atoms with Crippen LogP contribution in [-0.2, 0) is 0 Å². The molecule has 0 saturated heterocycles. The Hall–Kier alpha value is -1.03. The molecule has 0 aromatic heterocycles. The summed E-state index contributed by atoms with van der Waals surface area (Å²) in [5, 5.41) is 0. The molecule has 0 aliphatic carbocycles. The highest BCUT2D eigenvalue weighted by Gasteiger charge is 2.16. The summed E-state index contributed by atoms with van der Waals surface area (Å²) in [5.41, 5.74) is 0.0642. The van der Waals surface area contributed by atoms with Gasteiger partial charge in [-0.25, -0.2) is 8.78 Å². The molecule has 1 rings (SSSR count). The molecule has 0 aliphatic heterocycles. The van der Waals surface area contributed by atoms with Gasteiger partial charge in [-0.2, -0.15) is 4.39 Å². The minimum Gasteiger partial charge on any atom is -0.274 e. The van der Waals surface area contributed by atoms with Crippen LogP contribution in [0.4, 0.5) is 18.9 Å². The molecule has 1 N–H and O–H groups in total. The number of nitrogens with one attached hydrogen (secondary N) is 1. The van der Waals surface area contributed by atoms with Crippen molar-refractivity contribution in [3.63, 3.8) is 0 Å². The summed E-state index contributed by atoms with van der Waals surface area (Å²) in [5.74, 6) is -1.10. The third-order valence-electron chi connectivity index (χ3n) is 2.02. The van der Waals surface area contributed by atoms with E-state index in [2.05, 4.69) is 0 Å². The van der Waals surface area contributed by atoms with E-state index in [1.807, 2.05) is 6.92 Å². The van der Waals surface area contributed by atoms with Gasteiger partial charge in [0.1, 0.15) is 5.82 Å². The van der Waals surface area contributed by atoms with Crippen LogP contribution in [0.15, 0.2) is 18.2 Å². The Kier molecular flexibility index (Phi) is 3.95. The normalized spacial score (nSPS) is 12.9. The van der Waals surface area contributed by atoms with E-state index in [4.69, 9.17) is 0 Å². The number of alkyl halides is 1. The summed E-state index contributed by atoms with van der Waals surface area (Å²) >= 11 is 0. The van der Waals surface area contributed by atoms with Crippen molar-refractivity contribution in [2.45, 2.75) is 13.3 Å². The van der Waals surface area contributed by atoms with Crippen LogP contribution in [-0.4, -0.2) is 13.3 Å². The van der Waals surface area contributed by atoms with Gasteiger partial charge in [0.15, 0.2) is 11.5 Å². The second-order valence-corrected chi connectivity index (χ2v) is 3.11. The highest BCUT2D eigenvalue weighted by Crippen LogP contribution is 2.10. The van der Waals surface area contributed by atoms with Crippen molar-refractivity contribution in [2.24, 2.45) is 0 Å². The molecule has 1 unspecified atom stereocenters. The Morgan fingerprint density at radius 2 is 2.00 bits per heavy atom. The van der Waals surface area contributed by atoms with Crippen molar-refractivity contribution in [3.05, 3.63) is 29.8 Å². The standard InChI is InChI=1S/C10H12F3N/c1-2-5-14(7-11)10-6-8(12)3-4-9(10)13/h3-4,6H,2,5,7H2,1H3/p+1. The van der Waals surface area contributed by atoms with E-state index >= 15 is 0 Å². The summed E-state index contributed by atoms with van der Waals surface area (Å²) in [4.78, 5) is 0.324. The zero-order valence-corrected chi connectivity index (χ0v) is 7.99. The van der Waals surface area contributed by atoms with Crippen molar-refractivity contribution < 1.29 is 18.1 Å². The topological polar surface area (TPSA) is 4.44 Å². The van der Waals surface area contributed by atoms with Crippen LogP contribution in [0.5, 0.6) is 0 Å². The number of quaternary nitrogens is 1. The monoisotopic (exact) mass is 204 g/mol. The Labute approximate surface area is 81.1 Å². The van der Waals surface area contributed by atoms with Gasteiger partial charge in [0.2, 0.25) is 6.80 Å². The molecule has 0 amide bonds. The van der Waals surface area contributed by atoms with Crippen LogP contribution in [0, 0.1) is 11.6 Å². The molecular weight excluding hydrogens is 191 g/mol. The van der Waals surface area contributed by atoms with Crippen molar-refractivity contribution in [1.29, 1.82) is 0 Å². The molecule has 0 radical (unpaired) electrons. The van der Waals surface area contributed by atoms with Crippen molar-refractivity contribution >= 4 is 5.69 Å². The molecule has 0 spiro atoms. The molecule has 1 aromatic rings. The van der Waals surface area contributed by atoms with Crippen molar-refractivity contribution in [1.82, 2.24) is 0 Å². The van der Waals surface area contributed by atoms with Gasteiger partial charge < -0.3 is 0 Å². The van der Waals surface area contributed by atoms with Crippen LogP contribution in [0.3, 0.4) is 0 Å². The number of halogens is 3. The van der Waals surface area contributed by atoms with Crippen LogP contribution in [0.1, 0.15) is 13.3 Å². The van der Waals surface area contributed by atoms with Gasteiger partial charge in [-0.05, 0) is 18.6 Å². The second-order valence-electron chi connectivity index (χ2n) is 3.11. The number of rotatable bonds is 4. The molecule has 78 valence electrons. The molecule has 0 saturated carbocycles. The maximum atomic E-state index is 13.2. The van der Waals surface area contributed by atoms with Crippen LogP contribution < -0.4 is 4.90 Å². The Balaban J connectivity index is 2.96. The lowest BCUT2D eigenvalue weighted by Gasteiger charge is -2.14. The predicted octanol–water partition coefficient (Wildman–Crippen LogP) is 1.82. The van der Waals surface area contributed by atoms with E-state index in [0.717, 1.165) is 24.6 Å². The number of benzene rings is 1. The quantitative estimate of drug-likeness (QED) is 0.713. The minimum atomic E-state index is -0.728. The second kappa shape index (κ2) is 5.00. The zero-order valence-electron chi connectivity index (χ0n) is 7.99. The van der Waals surface area contributed by atoms with E-state index in [1.165, 1.54) is 0 Å². The lowest BCUT2D eigenvalue weighted by Crippen LogP contribution is -3.06. The lowest BCUT2D eigenvalue weighted by molar-refractivity contribution is -0.848. The van der Waals surface area contributed by atoms with E-state index in [0.29, 0.717) is 11.4 Å². The summed E-state index contributed by atoms with van der Waals surface area (Å²) in [6, 6.07) is 3.09. The SMILES string of the molecule is CCC[NH+](CF)c1cc(F)ccc1F. The first-order valence-electron chi connectivity index (χ1n) is 4.55. The van der Waals surface area contributed by atoms with Crippen LogP contribution >= 0.6 is 0 Å². The number of hydrogen-bond acceptors (Lipinski definition) is 0. The lowest BCUT2D eigenvalue weighted by atomic mass is 10.2. The van der Waals surface area contributed by atoms with Crippen molar-refractivity contribution in [2.75, 3.05) is 13.3 Å². The first-order chi connectivity index (χ1) is 6.69. The fourth-order valence-electron chi connectivity index (χ4n) is 1.34. The Bertz CT molecular complexity index is 301. The molecule has 1 aromatic carbocycles. The Morgan fingerprint density at radius 1 is 1.29 bits per heavy atom. The maximum absolute atomic E-state index is 13.2. The number of hydrogen-bond donors (Lipinski definition) is 1. The fraction of sp³-hybridized carbons (Fsp3) is 0.400. The fourth-order valence-corrected chi connectivity index (χ4v) is 1.34. The highest BCUT2D eigenvalue weighted by atomic mass is 19.1. The van der Waals surface area contributed by atoms with Crippen LogP contribution in [0.2, 0.25) is 0 Å². The zero-order chi connectivity index (χ0) is 10.6. The smallest absolute Gasteiger partial charge is 0.225 e. The highest BCUT2D eigenvalue weighted by molar-refractivity contribution is 5.31. The van der Waals surface area contributed by atoms with Gasteiger partial charge in [-0.15, -0.1) is 0 Å². The predicted molar refractivity (Wildman–Crippen MR) is 48.1 cm³/mol.